The molecule has 82 valence electrons. The number of hydrogen-bond acceptors (Lipinski definition) is 4. The Bertz CT molecular complexity index is 511. The third-order valence-corrected chi connectivity index (χ3v) is 1.99. The standard InChI is InChI=1S/C9H8FN5O/c1-5-4-6(10)2-3-7(5)11-9(16)8-12-14-15-13-8/h2-4H,1H3,(H,11,16)(H,12,13,14,15). The first kappa shape index (κ1) is 10.2. The Kier molecular flexibility index (Phi) is 2.59. The third-order valence-electron chi connectivity index (χ3n) is 1.99. The number of hydrogen-bond donors (Lipinski definition) is 2. The van der Waals surface area contributed by atoms with Crippen molar-refractivity contribution in [2.24, 2.45) is 0 Å². The lowest BCUT2D eigenvalue weighted by molar-refractivity contribution is 0.101. The number of rotatable bonds is 2. The van der Waals surface area contributed by atoms with Crippen LogP contribution in [0.5, 0.6) is 0 Å². The van der Waals surface area contributed by atoms with Gasteiger partial charge in [-0.15, -0.1) is 10.2 Å². The normalized spacial score (nSPS) is 10.1. The fraction of sp³-hybridized carbons (Fsp3) is 0.111. The van der Waals surface area contributed by atoms with Crippen molar-refractivity contribution in [3.05, 3.63) is 35.4 Å². The smallest absolute Gasteiger partial charge is 0.297 e. The quantitative estimate of drug-likeness (QED) is 0.789. The first-order chi connectivity index (χ1) is 7.66. The van der Waals surface area contributed by atoms with E-state index in [1.807, 2.05) is 0 Å². The number of aromatic amines is 1. The van der Waals surface area contributed by atoms with Crippen molar-refractivity contribution in [1.29, 1.82) is 0 Å². The lowest BCUT2D eigenvalue weighted by Crippen LogP contribution is -2.14. The van der Waals surface area contributed by atoms with Gasteiger partial charge in [0.25, 0.3) is 11.7 Å². The molecule has 1 aromatic carbocycles. The van der Waals surface area contributed by atoms with E-state index in [1.165, 1.54) is 18.2 Å². The maximum atomic E-state index is 12.8. The van der Waals surface area contributed by atoms with E-state index < -0.39 is 5.91 Å². The Morgan fingerprint density at radius 1 is 1.50 bits per heavy atom. The van der Waals surface area contributed by atoms with Gasteiger partial charge in [-0.1, -0.05) is 0 Å². The summed E-state index contributed by atoms with van der Waals surface area (Å²) in [4.78, 5) is 11.5. The van der Waals surface area contributed by atoms with Gasteiger partial charge in [0, 0.05) is 5.69 Å². The zero-order valence-corrected chi connectivity index (χ0v) is 8.36. The number of aryl methyl sites for hydroxylation is 1. The van der Waals surface area contributed by atoms with Crippen molar-refractivity contribution in [3.8, 4) is 0 Å². The van der Waals surface area contributed by atoms with Crippen molar-refractivity contribution in [2.45, 2.75) is 6.92 Å². The fourth-order valence-electron chi connectivity index (χ4n) is 1.20. The van der Waals surface area contributed by atoms with Crippen LogP contribution in [0.4, 0.5) is 10.1 Å². The van der Waals surface area contributed by atoms with E-state index in [1.54, 1.807) is 6.92 Å². The number of nitrogens with zero attached hydrogens (tertiary/aromatic N) is 3. The molecule has 2 N–H and O–H groups in total. The van der Waals surface area contributed by atoms with Crippen LogP contribution in [0.15, 0.2) is 18.2 Å². The minimum atomic E-state index is -0.497. The molecule has 2 rings (SSSR count). The van der Waals surface area contributed by atoms with Gasteiger partial charge in [0.1, 0.15) is 5.82 Å². The molecule has 6 nitrogen and oxygen atoms in total. The lowest BCUT2D eigenvalue weighted by Gasteiger charge is -2.05. The van der Waals surface area contributed by atoms with Gasteiger partial charge in [-0.3, -0.25) is 4.79 Å². The molecule has 1 aromatic heterocycles. The van der Waals surface area contributed by atoms with Crippen molar-refractivity contribution in [3.63, 3.8) is 0 Å². The molecule has 0 saturated heterocycles. The maximum Gasteiger partial charge on any atom is 0.297 e. The Hall–Kier alpha value is -2.31. The van der Waals surface area contributed by atoms with Crippen molar-refractivity contribution >= 4 is 11.6 Å². The zero-order valence-electron chi connectivity index (χ0n) is 8.36. The molecule has 0 radical (unpaired) electrons. The second-order valence-electron chi connectivity index (χ2n) is 3.15. The Labute approximate surface area is 89.9 Å². The molecule has 1 amide bonds. The second kappa shape index (κ2) is 4.05. The van der Waals surface area contributed by atoms with Crippen LogP contribution >= 0.6 is 0 Å². The first-order valence-corrected chi connectivity index (χ1v) is 4.48. The van der Waals surface area contributed by atoms with E-state index in [9.17, 15) is 9.18 Å². The van der Waals surface area contributed by atoms with E-state index >= 15 is 0 Å². The minimum absolute atomic E-state index is 0.0660. The highest BCUT2D eigenvalue weighted by Crippen LogP contribution is 2.15. The van der Waals surface area contributed by atoms with Crippen molar-refractivity contribution in [2.75, 3.05) is 5.32 Å². The van der Waals surface area contributed by atoms with Gasteiger partial charge in [-0.05, 0) is 35.9 Å². The second-order valence-corrected chi connectivity index (χ2v) is 3.15. The van der Waals surface area contributed by atoms with Crippen LogP contribution < -0.4 is 5.32 Å². The summed E-state index contributed by atoms with van der Waals surface area (Å²) in [6.45, 7) is 1.69. The SMILES string of the molecule is Cc1cc(F)ccc1NC(=O)c1nn[nH]n1. The van der Waals surface area contributed by atoms with Crippen molar-refractivity contribution in [1.82, 2.24) is 20.6 Å². The van der Waals surface area contributed by atoms with Crippen LogP contribution in [-0.2, 0) is 0 Å². The van der Waals surface area contributed by atoms with E-state index in [-0.39, 0.29) is 11.6 Å². The molecule has 0 fully saturated rings. The summed E-state index contributed by atoms with van der Waals surface area (Å²) in [5.74, 6) is -0.915. The molecule has 2 aromatic rings. The number of anilines is 1. The number of H-pyrrole nitrogens is 1. The van der Waals surface area contributed by atoms with Gasteiger partial charge in [0.05, 0.1) is 0 Å². The maximum absolute atomic E-state index is 12.8. The van der Waals surface area contributed by atoms with Crippen LogP contribution in [0.25, 0.3) is 0 Å². The van der Waals surface area contributed by atoms with E-state index in [2.05, 4.69) is 25.9 Å². The Morgan fingerprint density at radius 3 is 2.94 bits per heavy atom. The average molecular weight is 221 g/mol. The Balaban J connectivity index is 2.18. The summed E-state index contributed by atoms with van der Waals surface area (Å²) in [5, 5.41) is 15.0. The number of halogens is 1. The topological polar surface area (TPSA) is 83.6 Å². The van der Waals surface area contributed by atoms with Gasteiger partial charge >= 0.3 is 0 Å². The van der Waals surface area contributed by atoms with E-state index in [4.69, 9.17) is 0 Å². The minimum Gasteiger partial charge on any atom is -0.319 e. The van der Waals surface area contributed by atoms with Crippen LogP contribution in [0.2, 0.25) is 0 Å². The van der Waals surface area contributed by atoms with Gasteiger partial charge in [-0.2, -0.15) is 5.21 Å². The summed E-state index contributed by atoms with van der Waals surface area (Å²) < 4.78 is 12.8. The summed E-state index contributed by atoms with van der Waals surface area (Å²) >= 11 is 0. The molecular weight excluding hydrogens is 213 g/mol. The van der Waals surface area contributed by atoms with Gasteiger partial charge in [0.2, 0.25) is 0 Å². The molecule has 0 aliphatic heterocycles. The molecular formula is C9H8FN5O. The summed E-state index contributed by atoms with van der Waals surface area (Å²) in [6.07, 6.45) is 0. The van der Waals surface area contributed by atoms with Crippen LogP contribution in [0, 0.1) is 12.7 Å². The number of aromatic nitrogens is 4. The van der Waals surface area contributed by atoms with Crippen LogP contribution in [-0.4, -0.2) is 26.5 Å². The number of nitrogens with one attached hydrogen (secondary N) is 2. The largest absolute Gasteiger partial charge is 0.319 e. The number of tetrazole rings is 1. The molecule has 7 heteroatoms. The molecule has 16 heavy (non-hydrogen) atoms. The highest BCUT2D eigenvalue weighted by atomic mass is 19.1. The number of amides is 1. The van der Waals surface area contributed by atoms with Crippen molar-refractivity contribution < 1.29 is 9.18 Å². The summed E-state index contributed by atoms with van der Waals surface area (Å²) in [7, 11) is 0. The zero-order chi connectivity index (χ0) is 11.5. The predicted molar refractivity (Wildman–Crippen MR) is 53.3 cm³/mol. The lowest BCUT2D eigenvalue weighted by atomic mass is 10.2. The highest BCUT2D eigenvalue weighted by Gasteiger charge is 2.11. The highest BCUT2D eigenvalue weighted by molar-refractivity contribution is 6.01. The molecule has 0 atom stereocenters. The van der Waals surface area contributed by atoms with Crippen LogP contribution in [0.1, 0.15) is 16.2 Å². The summed E-state index contributed by atoms with van der Waals surface area (Å²) in [5.41, 5.74) is 1.13. The average Bonchev–Trinajstić information content (AvgIpc) is 2.75. The predicted octanol–water partition coefficient (Wildman–Crippen LogP) is 0.900. The monoisotopic (exact) mass is 221 g/mol. The fourth-order valence-corrected chi connectivity index (χ4v) is 1.20. The van der Waals surface area contributed by atoms with Gasteiger partial charge in [0.15, 0.2) is 0 Å². The molecule has 0 saturated carbocycles. The molecule has 0 unspecified atom stereocenters. The molecule has 0 bridgehead atoms. The summed E-state index contributed by atoms with van der Waals surface area (Å²) in [6, 6.07) is 4.06. The first-order valence-electron chi connectivity index (χ1n) is 4.48. The molecule has 0 aliphatic rings. The number of carbonyl (C=O) groups is 1. The molecule has 0 aliphatic carbocycles. The van der Waals surface area contributed by atoms with Gasteiger partial charge < -0.3 is 5.32 Å². The van der Waals surface area contributed by atoms with E-state index in [0.717, 1.165) is 0 Å². The van der Waals surface area contributed by atoms with Gasteiger partial charge in [-0.25, -0.2) is 4.39 Å². The van der Waals surface area contributed by atoms with E-state index in [0.29, 0.717) is 11.3 Å². The Morgan fingerprint density at radius 2 is 2.31 bits per heavy atom. The molecule has 0 spiro atoms. The molecule has 1 heterocycles. The third kappa shape index (κ3) is 2.02. The number of carbonyl (C=O) groups excluding carboxylic acids is 1. The van der Waals surface area contributed by atoms with Crippen LogP contribution in [0.3, 0.4) is 0 Å². The number of benzene rings is 1.